The van der Waals surface area contributed by atoms with Crippen molar-refractivity contribution in [3.8, 4) is 0 Å². The van der Waals surface area contributed by atoms with E-state index in [-0.39, 0.29) is 6.23 Å². The zero-order valence-corrected chi connectivity index (χ0v) is 19.8. The number of aromatic nitrogens is 5. The molecule has 3 aromatic heterocycles. The first-order valence-electron chi connectivity index (χ1n) is 11.7. The van der Waals surface area contributed by atoms with Crippen LogP contribution in [0, 0.1) is 13.8 Å². The van der Waals surface area contributed by atoms with Crippen molar-refractivity contribution in [1.82, 2.24) is 24.5 Å². The zero-order valence-electron chi connectivity index (χ0n) is 19.8. The van der Waals surface area contributed by atoms with E-state index in [9.17, 15) is 0 Å². The minimum absolute atomic E-state index is 0.312. The second-order valence-corrected chi connectivity index (χ2v) is 8.73. The second kappa shape index (κ2) is 9.87. The first-order chi connectivity index (χ1) is 16.6. The standard InChI is InChI=1S/C21H22N6O.C5H8O/c1-14-18-19(26-21(24-14)23-13-16-9-11-22-12-10-16)27(15(2)25-18)20(28-3)17-7-5-4-6-8-17;1-2-5-3-4(1)6-5/h4-12,20H,13H2,1-3H3,(H,23,24,26);4-5H,1-3H2. The van der Waals surface area contributed by atoms with Gasteiger partial charge in [0.15, 0.2) is 11.9 Å². The number of methoxy groups -OCH3 is 1. The molecule has 2 aliphatic heterocycles. The lowest BCUT2D eigenvalue weighted by Gasteiger charge is -2.23. The highest BCUT2D eigenvalue weighted by Gasteiger charge is 2.36. The molecule has 176 valence electrons. The van der Waals surface area contributed by atoms with Gasteiger partial charge in [-0.25, -0.2) is 9.97 Å². The van der Waals surface area contributed by atoms with E-state index in [1.54, 1.807) is 19.5 Å². The Balaban J connectivity index is 0.000000343. The topological polar surface area (TPSA) is 87.0 Å². The third kappa shape index (κ3) is 4.64. The van der Waals surface area contributed by atoms with Gasteiger partial charge in [0.2, 0.25) is 5.95 Å². The lowest BCUT2D eigenvalue weighted by atomic mass is 10.2. The third-order valence-electron chi connectivity index (χ3n) is 6.35. The summed E-state index contributed by atoms with van der Waals surface area (Å²) in [5.74, 6) is 1.39. The summed E-state index contributed by atoms with van der Waals surface area (Å²) in [6.07, 6.45) is 8.65. The van der Waals surface area contributed by atoms with E-state index in [0.717, 1.165) is 33.8 Å². The first kappa shape index (κ1) is 22.4. The van der Waals surface area contributed by atoms with Gasteiger partial charge in [0.05, 0.1) is 17.9 Å². The molecule has 3 aliphatic rings. The highest BCUT2D eigenvalue weighted by molar-refractivity contribution is 5.75. The Morgan fingerprint density at radius 1 is 1.03 bits per heavy atom. The van der Waals surface area contributed by atoms with E-state index in [1.165, 1.54) is 19.3 Å². The highest BCUT2D eigenvalue weighted by atomic mass is 16.5. The molecule has 3 fully saturated rings. The van der Waals surface area contributed by atoms with E-state index in [0.29, 0.717) is 24.7 Å². The molecule has 2 saturated heterocycles. The minimum Gasteiger partial charge on any atom is -0.375 e. The van der Waals surface area contributed by atoms with Crippen molar-refractivity contribution in [2.45, 2.75) is 58.1 Å². The molecule has 0 spiro atoms. The lowest BCUT2D eigenvalue weighted by Crippen LogP contribution is -2.25. The van der Waals surface area contributed by atoms with Crippen LogP contribution in [0.2, 0.25) is 0 Å². The smallest absolute Gasteiger partial charge is 0.225 e. The Morgan fingerprint density at radius 3 is 2.35 bits per heavy atom. The van der Waals surface area contributed by atoms with Crippen molar-refractivity contribution in [2.75, 3.05) is 12.4 Å². The monoisotopic (exact) mass is 458 g/mol. The number of rotatable bonds is 6. The molecule has 1 saturated carbocycles. The molecule has 3 unspecified atom stereocenters. The maximum Gasteiger partial charge on any atom is 0.225 e. The molecule has 4 aromatic rings. The normalized spacial score (nSPS) is 19.3. The molecule has 8 nitrogen and oxygen atoms in total. The number of anilines is 1. The van der Waals surface area contributed by atoms with Crippen LogP contribution in [0.4, 0.5) is 5.95 Å². The largest absolute Gasteiger partial charge is 0.375 e. The first-order valence-corrected chi connectivity index (χ1v) is 11.7. The molecule has 0 radical (unpaired) electrons. The number of aryl methyl sites for hydroxylation is 2. The minimum atomic E-state index is -0.312. The van der Waals surface area contributed by atoms with Crippen LogP contribution in [-0.2, 0) is 16.0 Å². The molecule has 1 N–H and O–H groups in total. The Bertz CT molecular complexity index is 1230. The van der Waals surface area contributed by atoms with Crippen molar-refractivity contribution in [3.05, 3.63) is 77.5 Å². The summed E-state index contributed by atoms with van der Waals surface area (Å²) in [5, 5.41) is 3.30. The Labute approximate surface area is 199 Å². The number of ether oxygens (including phenoxy) is 2. The predicted octanol–water partition coefficient (Wildman–Crippen LogP) is 4.58. The summed E-state index contributed by atoms with van der Waals surface area (Å²) in [5.41, 5.74) is 4.50. The van der Waals surface area contributed by atoms with Crippen LogP contribution in [0.5, 0.6) is 0 Å². The van der Waals surface area contributed by atoms with Crippen molar-refractivity contribution >= 4 is 17.1 Å². The van der Waals surface area contributed by atoms with E-state index in [1.807, 2.05) is 60.9 Å². The van der Waals surface area contributed by atoms with E-state index in [4.69, 9.17) is 14.5 Å². The summed E-state index contributed by atoms with van der Waals surface area (Å²) in [7, 11) is 1.69. The van der Waals surface area contributed by atoms with Crippen LogP contribution in [0.25, 0.3) is 11.2 Å². The van der Waals surface area contributed by atoms with E-state index in [2.05, 4.69) is 20.3 Å². The van der Waals surface area contributed by atoms with Crippen LogP contribution in [0.15, 0.2) is 54.9 Å². The molecule has 3 atom stereocenters. The van der Waals surface area contributed by atoms with Gasteiger partial charge in [-0.1, -0.05) is 30.3 Å². The number of nitrogens with zero attached hydrogens (tertiary/aromatic N) is 5. The number of pyridine rings is 1. The van der Waals surface area contributed by atoms with Crippen LogP contribution in [-0.4, -0.2) is 43.8 Å². The predicted molar refractivity (Wildman–Crippen MR) is 130 cm³/mol. The van der Waals surface area contributed by atoms with Gasteiger partial charge in [-0.05, 0) is 50.8 Å². The fourth-order valence-corrected chi connectivity index (χ4v) is 4.57. The van der Waals surface area contributed by atoms with Crippen molar-refractivity contribution in [1.29, 1.82) is 0 Å². The molecule has 8 heteroatoms. The maximum atomic E-state index is 5.81. The van der Waals surface area contributed by atoms with Crippen molar-refractivity contribution in [2.24, 2.45) is 0 Å². The van der Waals surface area contributed by atoms with E-state index >= 15 is 0 Å². The average molecular weight is 459 g/mol. The number of hydrogen-bond acceptors (Lipinski definition) is 7. The second-order valence-electron chi connectivity index (χ2n) is 8.73. The van der Waals surface area contributed by atoms with Crippen LogP contribution >= 0.6 is 0 Å². The lowest BCUT2D eigenvalue weighted by molar-refractivity contribution is -0.0647. The molecular formula is C26H30N6O2. The number of fused-ring (bicyclic) bond motifs is 2. The molecular weight excluding hydrogens is 428 g/mol. The van der Waals surface area contributed by atoms with Gasteiger partial charge in [0, 0.05) is 31.6 Å². The third-order valence-corrected chi connectivity index (χ3v) is 6.35. The molecule has 34 heavy (non-hydrogen) atoms. The Hall–Kier alpha value is -3.36. The molecule has 1 aromatic carbocycles. The zero-order chi connectivity index (χ0) is 23.5. The van der Waals surface area contributed by atoms with Gasteiger partial charge in [-0.3, -0.25) is 9.55 Å². The van der Waals surface area contributed by atoms with Crippen LogP contribution in [0.1, 0.15) is 48.1 Å². The van der Waals surface area contributed by atoms with Gasteiger partial charge in [-0.2, -0.15) is 4.98 Å². The number of hydrogen-bond donors (Lipinski definition) is 1. The summed E-state index contributed by atoms with van der Waals surface area (Å²) in [6.45, 7) is 4.52. The van der Waals surface area contributed by atoms with Gasteiger partial charge >= 0.3 is 0 Å². The van der Waals surface area contributed by atoms with E-state index < -0.39 is 0 Å². The fourth-order valence-electron chi connectivity index (χ4n) is 4.57. The quantitative estimate of drug-likeness (QED) is 0.452. The molecule has 5 heterocycles. The SMILES string of the molecule is C1CC2CC1O2.COC(c1ccccc1)n1c(C)nc2c(C)nc(NCc3ccncc3)nc21. The molecule has 7 rings (SSSR count). The summed E-state index contributed by atoms with van der Waals surface area (Å²) in [4.78, 5) is 18.1. The van der Waals surface area contributed by atoms with Crippen molar-refractivity contribution in [3.63, 3.8) is 0 Å². The number of nitrogens with one attached hydrogen (secondary N) is 1. The Morgan fingerprint density at radius 2 is 1.74 bits per heavy atom. The van der Waals surface area contributed by atoms with Gasteiger partial charge in [-0.15, -0.1) is 0 Å². The summed E-state index contributed by atoms with van der Waals surface area (Å²) >= 11 is 0. The number of benzene rings is 1. The average Bonchev–Trinajstić information content (AvgIpc) is 3.58. The fraction of sp³-hybridized carbons (Fsp3) is 0.385. The molecule has 1 aliphatic carbocycles. The summed E-state index contributed by atoms with van der Waals surface area (Å²) in [6, 6.07) is 14.0. The van der Waals surface area contributed by atoms with Crippen molar-refractivity contribution < 1.29 is 9.47 Å². The molecule has 2 bridgehead atoms. The van der Waals surface area contributed by atoms with Crippen LogP contribution in [0.3, 0.4) is 0 Å². The Kier molecular flexibility index (Phi) is 6.51. The van der Waals surface area contributed by atoms with Crippen LogP contribution < -0.4 is 5.32 Å². The van der Waals surface area contributed by atoms with Gasteiger partial charge < -0.3 is 14.8 Å². The maximum absolute atomic E-state index is 5.81. The highest BCUT2D eigenvalue weighted by Crippen LogP contribution is 2.36. The number of imidazole rings is 1. The molecule has 0 amide bonds. The summed E-state index contributed by atoms with van der Waals surface area (Å²) < 4.78 is 13.1. The van der Waals surface area contributed by atoms with Gasteiger partial charge in [0.1, 0.15) is 11.3 Å². The van der Waals surface area contributed by atoms with Gasteiger partial charge in [0.25, 0.3) is 0 Å².